The Morgan fingerprint density at radius 3 is 2.56 bits per heavy atom. The molecule has 2 radical (unpaired) electrons. The van der Waals surface area contributed by atoms with Gasteiger partial charge in [-0.15, -0.1) is 0 Å². The molecule has 4 nitrogen and oxygen atoms in total. The number of hydrogen-bond donors (Lipinski definition) is 2. The zero-order valence-electron chi connectivity index (χ0n) is 8.62. The first-order valence-corrected chi connectivity index (χ1v) is 6.40. The third kappa shape index (κ3) is 3.82. The van der Waals surface area contributed by atoms with Gasteiger partial charge in [-0.3, -0.25) is 0 Å². The van der Waals surface area contributed by atoms with Crippen molar-refractivity contribution in [2.75, 3.05) is 7.11 Å². The number of hydrogen-bond acceptors (Lipinski definition) is 4. The van der Waals surface area contributed by atoms with Crippen molar-refractivity contribution in [2.24, 2.45) is 0 Å². The summed E-state index contributed by atoms with van der Waals surface area (Å²) in [5.74, 6) is 0.681. The molecular weight excluding hydrogens is 311 g/mol. The van der Waals surface area contributed by atoms with E-state index in [1.54, 1.807) is 6.20 Å². The monoisotopic (exact) mass is 321 g/mol. The molecule has 0 saturated carbocycles. The van der Waals surface area contributed by atoms with Gasteiger partial charge in [0, 0.05) is 23.9 Å². The Labute approximate surface area is 112 Å². The van der Waals surface area contributed by atoms with Crippen molar-refractivity contribution in [3.8, 4) is 5.75 Å². The second-order valence-electron chi connectivity index (χ2n) is 2.55. The van der Waals surface area contributed by atoms with Crippen molar-refractivity contribution >= 4 is 29.0 Å². The number of aliphatic hydroxyl groups excluding tert-OH is 1. The van der Waals surface area contributed by atoms with E-state index in [9.17, 15) is 0 Å². The van der Waals surface area contributed by atoms with Crippen molar-refractivity contribution in [2.45, 2.75) is 0 Å². The molecule has 0 spiro atoms. The number of pyridine rings is 1. The average molecular weight is 322 g/mol. The van der Waals surface area contributed by atoms with E-state index >= 15 is 0 Å². The fraction of sp³-hybridized carbons (Fsp3) is 0.100. The van der Waals surface area contributed by atoms with E-state index in [-0.39, 0.29) is 16.8 Å². The van der Waals surface area contributed by atoms with Crippen molar-refractivity contribution in [3.05, 3.63) is 36.5 Å². The zero-order valence-corrected chi connectivity index (χ0v) is 12.1. The molecule has 16 heavy (non-hydrogen) atoms. The molecule has 6 heteroatoms. The first-order chi connectivity index (χ1) is 7.42. The molecule has 0 amide bonds. The third-order valence-corrected chi connectivity index (χ3v) is 2.53. The molecule has 0 unspecified atom stereocenters. The van der Waals surface area contributed by atoms with Gasteiger partial charge in [0.25, 0.3) is 0 Å². The number of fused-ring (bicyclic) bond motifs is 1. The Hall–Kier alpha value is -0.507. The van der Waals surface area contributed by atoms with Crippen LogP contribution in [-0.4, -0.2) is 39.2 Å². The molecule has 1 heterocycles. The van der Waals surface area contributed by atoms with Crippen LogP contribution in [0.15, 0.2) is 36.5 Å². The van der Waals surface area contributed by atoms with Gasteiger partial charge >= 0.3 is 83.7 Å². The van der Waals surface area contributed by atoms with Crippen LogP contribution in [0.1, 0.15) is 0 Å². The first kappa shape index (κ1) is 15.5. The fourth-order valence-corrected chi connectivity index (χ4v) is 1.87. The Balaban J connectivity index is 0.000000711. The van der Waals surface area contributed by atoms with E-state index in [2.05, 4.69) is 4.98 Å². The number of rotatable bonds is 2. The topological polar surface area (TPSA) is 62.6 Å². The zero-order chi connectivity index (χ0) is 11.1. The molecule has 1 aromatic heterocycles. The number of benzene rings is 1. The fourth-order valence-electron chi connectivity index (χ4n) is 1.23. The van der Waals surface area contributed by atoms with E-state index in [1.807, 2.05) is 30.3 Å². The molecule has 0 bridgehead atoms. The first-order valence-electron chi connectivity index (χ1n) is 4.33. The second kappa shape index (κ2) is 8.62. The average Bonchev–Trinajstić information content (AvgIpc) is 2.33. The summed E-state index contributed by atoms with van der Waals surface area (Å²) >= 11 is -1.55. The van der Waals surface area contributed by atoms with Crippen LogP contribution in [0.5, 0.6) is 5.75 Å². The predicted molar refractivity (Wildman–Crippen MR) is 58.5 cm³/mol. The van der Waals surface area contributed by atoms with Gasteiger partial charge in [0.1, 0.15) is 0 Å². The Morgan fingerprint density at radius 2 is 1.88 bits per heavy atom. The predicted octanol–water partition coefficient (Wildman–Crippen LogP) is 0.746. The summed E-state index contributed by atoms with van der Waals surface area (Å²) in [7, 11) is 1.00. The van der Waals surface area contributed by atoms with Crippen LogP contribution in [0, 0.1) is 0 Å². The van der Waals surface area contributed by atoms with E-state index in [4.69, 9.17) is 12.5 Å². The summed E-state index contributed by atoms with van der Waals surface area (Å²) < 4.78 is 14.0. The van der Waals surface area contributed by atoms with Gasteiger partial charge in [-0.1, -0.05) is 0 Å². The van der Waals surface area contributed by atoms with Crippen LogP contribution in [-0.2, 0) is 16.8 Å². The molecule has 0 saturated heterocycles. The molecule has 0 atom stereocenters. The van der Waals surface area contributed by atoms with E-state index < -0.39 is 18.1 Å². The van der Waals surface area contributed by atoms with Crippen molar-refractivity contribution < 1.29 is 29.3 Å². The van der Waals surface area contributed by atoms with Gasteiger partial charge in [0.2, 0.25) is 0 Å². The van der Waals surface area contributed by atoms with Gasteiger partial charge in [-0.25, -0.2) is 0 Å². The summed E-state index contributed by atoms with van der Waals surface area (Å²) in [6.07, 6.45) is 1.72. The minimum atomic E-state index is -1.55. The van der Waals surface area contributed by atoms with Crippen LogP contribution in [0.25, 0.3) is 10.9 Å². The third-order valence-electron chi connectivity index (χ3n) is 1.78. The summed E-state index contributed by atoms with van der Waals surface area (Å²) in [5.41, 5.74) is 0.816. The van der Waals surface area contributed by atoms with E-state index in [1.165, 1.54) is 0 Å². The van der Waals surface area contributed by atoms with Crippen LogP contribution in [0.2, 0.25) is 0 Å². The van der Waals surface area contributed by atoms with Gasteiger partial charge in [-0.2, -0.15) is 0 Å². The Kier molecular flexibility index (Phi) is 8.35. The Morgan fingerprint density at radius 1 is 1.19 bits per heavy atom. The van der Waals surface area contributed by atoms with Gasteiger partial charge in [-0.05, 0) is 0 Å². The summed E-state index contributed by atoms with van der Waals surface area (Å²) in [6.45, 7) is 0. The van der Waals surface area contributed by atoms with Crippen LogP contribution >= 0.6 is 0 Å². The molecular formula is C10H11CoGaNO3. The molecule has 0 aliphatic heterocycles. The van der Waals surface area contributed by atoms with Gasteiger partial charge in [0.15, 0.2) is 0 Å². The molecule has 2 rings (SSSR count). The molecule has 0 aliphatic carbocycles. The van der Waals surface area contributed by atoms with Crippen molar-refractivity contribution in [1.82, 2.24) is 4.98 Å². The molecule has 0 fully saturated rings. The number of aromatic nitrogens is 1. The van der Waals surface area contributed by atoms with Gasteiger partial charge in [0.05, 0.1) is 0 Å². The van der Waals surface area contributed by atoms with E-state index in [0.717, 1.165) is 18.0 Å². The molecule has 0 aliphatic rings. The maximum atomic E-state index is 8.79. The van der Waals surface area contributed by atoms with Crippen LogP contribution < -0.4 is 3.53 Å². The van der Waals surface area contributed by atoms with Crippen molar-refractivity contribution in [3.63, 3.8) is 0 Å². The number of nitrogens with zero attached hydrogens (tertiary/aromatic N) is 1. The Bertz CT molecular complexity index is 422. The molecule has 86 valence electrons. The summed E-state index contributed by atoms with van der Waals surface area (Å²) in [6, 6.07) is 9.53. The second-order valence-corrected chi connectivity index (χ2v) is 3.49. The SMILES string of the molecule is CO.[Co].[OH][Ga][O]c1cccc2cccnc12. The number of para-hydroxylation sites is 1. The molecule has 1 aromatic carbocycles. The molecule has 2 N–H and O–H groups in total. The van der Waals surface area contributed by atoms with E-state index in [0.29, 0.717) is 5.75 Å². The normalized spacial score (nSPS) is 8.44. The quantitative estimate of drug-likeness (QED) is 0.801. The van der Waals surface area contributed by atoms with Crippen LogP contribution in [0.3, 0.4) is 0 Å². The van der Waals surface area contributed by atoms with Gasteiger partial charge < -0.3 is 5.11 Å². The number of aliphatic hydroxyl groups is 1. The maximum absolute atomic E-state index is 8.79. The van der Waals surface area contributed by atoms with Crippen LogP contribution in [0.4, 0.5) is 0 Å². The standard InChI is InChI=1S/C9H7NO.CH4O.Co.Ga.H2O/c11-8-5-1-3-7-4-2-6-10-9(7)8;1-2;;;/h1-6,11H;2H,1H3;;;1H2/q;;;+2;/p-2. The van der Waals surface area contributed by atoms with Crippen molar-refractivity contribution in [1.29, 1.82) is 0 Å². The summed E-state index contributed by atoms with van der Waals surface area (Å²) in [4.78, 5) is 4.19. The minimum absolute atomic E-state index is 0. The molecule has 2 aromatic rings. The summed E-state index contributed by atoms with van der Waals surface area (Å²) in [5, 5.41) is 8.03.